The summed E-state index contributed by atoms with van der Waals surface area (Å²) in [5, 5.41) is 3.39. The fourth-order valence-corrected chi connectivity index (χ4v) is 1.98. The maximum absolute atomic E-state index is 5.76. The van der Waals surface area contributed by atoms with E-state index in [4.69, 9.17) is 4.74 Å². The molecule has 0 aliphatic carbocycles. The van der Waals surface area contributed by atoms with Gasteiger partial charge >= 0.3 is 0 Å². The van der Waals surface area contributed by atoms with Crippen molar-refractivity contribution in [3.05, 3.63) is 29.8 Å². The lowest BCUT2D eigenvalue weighted by atomic mass is 9.81. The summed E-state index contributed by atoms with van der Waals surface area (Å²) in [5.41, 5.74) is 1.52. The van der Waals surface area contributed by atoms with E-state index < -0.39 is 0 Å². The van der Waals surface area contributed by atoms with E-state index in [0.717, 1.165) is 25.3 Å². The number of rotatable bonds is 7. The maximum atomic E-state index is 5.76. The monoisotopic (exact) mass is 249 g/mol. The lowest BCUT2D eigenvalue weighted by molar-refractivity contribution is 0.241. The molecule has 0 aliphatic rings. The van der Waals surface area contributed by atoms with E-state index in [2.05, 4.69) is 58.1 Å². The Morgan fingerprint density at radius 3 is 2.61 bits per heavy atom. The molecule has 0 radical (unpaired) electrons. The van der Waals surface area contributed by atoms with E-state index in [1.165, 1.54) is 5.56 Å². The Kier molecular flexibility index (Phi) is 5.67. The molecule has 1 aromatic carbocycles. The van der Waals surface area contributed by atoms with Gasteiger partial charge in [0.15, 0.2) is 0 Å². The number of nitrogens with one attached hydrogen (secondary N) is 1. The van der Waals surface area contributed by atoms with Crippen LogP contribution in [0.3, 0.4) is 0 Å². The van der Waals surface area contributed by atoms with Gasteiger partial charge in [-0.25, -0.2) is 0 Å². The van der Waals surface area contributed by atoms with Gasteiger partial charge in [0.1, 0.15) is 5.75 Å². The van der Waals surface area contributed by atoms with Crippen LogP contribution in [0.5, 0.6) is 5.75 Å². The summed E-state index contributed by atoms with van der Waals surface area (Å²) in [7, 11) is 0. The van der Waals surface area contributed by atoms with E-state index in [1.54, 1.807) is 0 Å². The molecule has 0 aliphatic heterocycles. The second kappa shape index (κ2) is 6.79. The quantitative estimate of drug-likeness (QED) is 0.743. The summed E-state index contributed by atoms with van der Waals surface area (Å²) in [6.45, 7) is 12.9. The van der Waals surface area contributed by atoms with Gasteiger partial charge in [0.2, 0.25) is 0 Å². The lowest BCUT2D eigenvalue weighted by Crippen LogP contribution is -2.25. The van der Waals surface area contributed by atoms with Crippen LogP contribution in [0, 0.1) is 0 Å². The highest BCUT2D eigenvalue weighted by atomic mass is 16.5. The van der Waals surface area contributed by atoms with E-state index in [1.807, 2.05) is 6.07 Å². The molecule has 0 saturated carbocycles. The Balaban J connectivity index is 2.74. The van der Waals surface area contributed by atoms with Gasteiger partial charge in [-0.15, -0.1) is 0 Å². The first kappa shape index (κ1) is 15.0. The third-order valence-corrected chi connectivity index (χ3v) is 3.16. The van der Waals surface area contributed by atoms with Gasteiger partial charge in [0, 0.05) is 0 Å². The van der Waals surface area contributed by atoms with Crippen molar-refractivity contribution in [2.75, 3.05) is 13.1 Å². The first-order chi connectivity index (χ1) is 8.45. The van der Waals surface area contributed by atoms with Gasteiger partial charge in [0.05, 0.1) is 6.10 Å². The predicted octanol–water partition coefficient (Wildman–Crippen LogP) is 3.75. The van der Waals surface area contributed by atoms with Crippen molar-refractivity contribution in [1.82, 2.24) is 5.32 Å². The molecule has 1 rings (SSSR count). The molecule has 0 aromatic heterocycles. The number of benzene rings is 1. The Hall–Kier alpha value is -1.02. The average Bonchev–Trinajstić information content (AvgIpc) is 2.28. The molecule has 1 N–H and O–H groups in total. The second-order valence-corrected chi connectivity index (χ2v) is 5.68. The fourth-order valence-electron chi connectivity index (χ4n) is 1.98. The standard InChI is InChI=1S/C16H27NO/c1-6-17-11-10-16(4,5)14-8-7-9-15(12-14)18-13(2)3/h7-9,12-13,17H,6,10-11H2,1-5H3. The lowest BCUT2D eigenvalue weighted by Gasteiger charge is -2.26. The largest absolute Gasteiger partial charge is 0.491 e. The Bertz CT molecular complexity index is 358. The molecule has 102 valence electrons. The third kappa shape index (κ3) is 4.69. The molecule has 18 heavy (non-hydrogen) atoms. The topological polar surface area (TPSA) is 21.3 Å². The fraction of sp³-hybridized carbons (Fsp3) is 0.625. The molecule has 1 aromatic rings. The van der Waals surface area contributed by atoms with E-state index in [9.17, 15) is 0 Å². The van der Waals surface area contributed by atoms with Crippen LogP contribution in [0.25, 0.3) is 0 Å². The van der Waals surface area contributed by atoms with Crippen LogP contribution >= 0.6 is 0 Å². The number of hydrogen-bond acceptors (Lipinski definition) is 2. The molecule has 0 bridgehead atoms. The normalized spacial score (nSPS) is 11.9. The highest BCUT2D eigenvalue weighted by Crippen LogP contribution is 2.29. The summed E-state index contributed by atoms with van der Waals surface area (Å²) >= 11 is 0. The van der Waals surface area contributed by atoms with Gasteiger partial charge in [-0.3, -0.25) is 0 Å². The van der Waals surface area contributed by atoms with Gasteiger partial charge in [0.25, 0.3) is 0 Å². The van der Waals surface area contributed by atoms with Crippen molar-refractivity contribution in [2.45, 2.75) is 52.6 Å². The summed E-state index contributed by atoms with van der Waals surface area (Å²) in [4.78, 5) is 0. The van der Waals surface area contributed by atoms with Crippen LogP contribution in [-0.2, 0) is 5.41 Å². The molecule has 2 heteroatoms. The van der Waals surface area contributed by atoms with Crippen molar-refractivity contribution < 1.29 is 4.74 Å². The van der Waals surface area contributed by atoms with Crippen molar-refractivity contribution in [3.63, 3.8) is 0 Å². The summed E-state index contributed by atoms with van der Waals surface area (Å²) in [5.74, 6) is 0.971. The minimum Gasteiger partial charge on any atom is -0.491 e. The number of hydrogen-bond donors (Lipinski definition) is 1. The zero-order chi connectivity index (χ0) is 13.6. The highest BCUT2D eigenvalue weighted by Gasteiger charge is 2.20. The maximum Gasteiger partial charge on any atom is 0.119 e. The molecule has 2 nitrogen and oxygen atoms in total. The Labute approximate surface area is 112 Å². The van der Waals surface area contributed by atoms with Crippen LogP contribution in [0.1, 0.15) is 46.6 Å². The smallest absolute Gasteiger partial charge is 0.119 e. The second-order valence-electron chi connectivity index (χ2n) is 5.68. The van der Waals surface area contributed by atoms with Crippen molar-refractivity contribution in [1.29, 1.82) is 0 Å². The molecule has 0 saturated heterocycles. The zero-order valence-corrected chi connectivity index (χ0v) is 12.4. The highest BCUT2D eigenvalue weighted by molar-refractivity contribution is 5.33. The van der Waals surface area contributed by atoms with Crippen LogP contribution < -0.4 is 10.1 Å². The molecular formula is C16H27NO. The summed E-state index contributed by atoms with van der Waals surface area (Å²) in [6.07, 6.45) is 1.36. The van der Waals surface area contributed by atoms with Crippen LogP contribution in [-0.4, -0.2) is 19.2 Å². The Morgan fingerprint density at radius 2 is 2.00 bits per heavy atom. The van der Waals surface area contributed by atoms with E-state index in [0.29, 0.717) is 0 Å². The summed E-state index contributed by atoms with van der Waals surface area (Å²) < 4.78 is 5.76. The van der Waals surface area contributed by atoms with Gasteiger partial charge in [-0.2, -0.15) is 0 Å². The average molecular weight is 249 g/mol. The van der Waals surface area contributed by atoms with E-state index in [-0.39, 0.29) is 11.5 Å². The molecular weight excluding hydrogens is 222 g/mol. The van der Waals surface area contributed by atoms with Gasteiger partial charge in [-0.1, -0.05) is 32.9 Å². The molecule has 0 unspecified atom stereocenters. The molecule has 0 amide bonds. The third-order valence-electron chi connectivity index (χ3n) is 3.16. The minimum absolute atomic E-state index is 0.179. The molecule has 0 heterocycles. The summed E-state index contributed by atoms with van der Waals surface area (Å²) in [6, 6.07) is 8.48. The first-order valence-corrected chi connectivity index (χ1v) is 6.93. The van der Waals surface area contributed by atoms with Crippen molar-refractivity contribution >= 4 is 0 Å². The zero-order valence-electron chi connectivity index (χ0n) is 12.4. The van der Waals surface area contributed by atoms with Crippen LogP contribution in [0.4, 0.5) is 0 Å². The molecule has 0 spiro atoms. The van der Waals surface area contributed by atoms with E-state index >= 15 is 0 Å². The van der Waals surface area contributed by atoms with Crippen molar-refractivity contribution in [3.8, 4) is 5.75 Å². The van der Waals surface area contributed by atoms with Crippen LogP contribution in [0.2, 0.25) is 0 Å². The minimum atomic E-state index is 0.179. The predicted molar refractivity (Wildman–Crippen MR) is 78.4 cm³/mol. The first-order valence-electron chi connectivity index (χ1n) is 6.93. The Morgan fingerprint density at radius 1 is 1.28 bits per heavy atom. The number of ether oxygens (including phenoxy) is 1. The van der Waals surface area contributed by atoms with Crippen molar-refractivity contribution in [2.24, 2.45) is 0 Å². The van der Waals surface area contributed by atoms with Gasteiger partial charge < -0.3 is 10.1 Å². The molecule has 0 atom stereocenters. The SMILES string of the molecule is CCNCCC(C)(C)c1cccc(OC(C)C)c1. The van der Waals surface area contributed by atoms with Crippen LogP contribution in [0.15, 0.2) is 24.3 Å². The molecule has 0 fully saturated rings. The van der Waals surface area contributed by atoms with Gasteiger partial charge in [-0.05, 0) is 56.5 Å².